The highest BCUT2D eigenvalue weighted by molar-refractivity contribution is 5.77. The Labute approximate surface area is 157 Å². The molecule has 1 heterocycles. The van der Waals surface area contributed by atoms with Crippen molar-refractivity contribution < 1.29 is 19.3 Å². The first-order valence-electron chi connectivity index (χ1n) is 10.2. The molecule has 1 aromatic rings. The summed E-state index contributed by atoms with van der Waals surface area (Å²) in [5, 5.41) is 3.30. The smallest absolute Gasteiger partial charge is 0.275 e. The molecule has 2 fully saturated rings. The van der Waals surface area contributed by atoms with Crippen LogP contribution >= 0.6 is 0 Å². The second-order valence-corrected chi connectivity index (χ2v) is 8.14. The van der Waals surface area contributed by atoms with Gasteiger partial charge in [0.15, 0.2) is 6.54 Å². The van der Waals surface area contributed by atoms with E-state index in [2.05, 4.69) is 24.4 Å². The van der Waals surface area contributed by atoms with Gasteiger partial charge in [0, 0.05) is 11.6 Å². The van der Waals surface area contributed by atoms with Crippen molar-refractivity contribution in [3.63, 3.8) is 0 Å². The molecule has 2 atom stereocenters. The van der Waals surface area contributed by atoms with Crippen molar-refractivity contribution in [2.45, 2.75) is 45.2 Å². The van der Waals surface area contributed by atoms with E-state index in [-0.39, 0.29) is 5.91 Å². The molecule has 3 N–H and O–H groups in total. The fraction of sp³-hybridized carbons (Fsp3) is 0.667. The average Bonchev–Trinajstić information content (AvgIpc) is 2.66. The lowest BCUT2D eigenvalue weighted by Crippen LogP contribution is -3.28. The fourth-order valence-electron chi connectivity index (χ4n) is 4.36. The predicted octanol–water partition coefficient (Wildman–Crippen LogP) is -0.326. The van der Waals surface area contributed by atoms with Gasteiger partial charge < -0.3 is 19.9 Å². The third-order valence-corrected chi connectivity index (χ3v) is 6.15. The van der Waals surface area contributed by atoms with Gasteiger partial charge in [0.05, 0.1) is 7.11 Å². The van der Waals surface area contributed by atoms with E-state index in [4.69, 9.17) is 4.74 Å². The first kappa shape index (κ1) is 19.2. The number of ether oxygens (including phenoxy) is 1. The summed E-state index contributed by atoms with van der Waals surface area (Å²) in [5.41, 5.74) is 1.35. The molecule has 0 spiro atoms. The average molecular weight is 362 g/mol. The summed E-state index contributed by atoms with van der Waals surface area (Å²) in [6, 6.07) is 8.78. The minimum absolute atomic E-state index is 0.248. The van der Waals surface area contributed by atoms with Crippen LogP contribution in [0.25, 0.3) is 0 Å². The fourth-order valence-corrected chi connectivity index (χ4v) is 4.36. The molecule has 144 valence electrons. The number of quaternary nitrogens is 2. The summed E-state index contributed by atoms with van der Waals surface area (Å²) in [6.45, 7) is 8.40. The van der Waals surface area contributed by atoms with E-state index in [0.29, 0.717) is 18.5 Å². The van der Waals surface area contributed by atoms with Gasteiger partial charge in [0.25, 0.3) is 5.91 Å². The van der Waals surface area contributed by atoms with Crippen LogP contribution in [0.2, 0.25) is 0 Å². The zero-order chi connectivity index (χ0) is 18.4. The molecule has 1 aliphatic heterocycles. The Morgan fingerprint density at radius 1 is 1.08 bits per heavy atom. The Hall–Kier alpha value is -1.59. The Morgan fingerprint density at radius 2 is 1.73 bits per heavy atom. The van der Waals surface area contributed by atoms with E-state index in [0.717, 1.165) is 44.9 Å². The number of hydrogen-bond donors (Lipinski definition) is 3. The molecular weight excluding hydrogens is 326 g/mol. The van der Waals surface area contributed by atoms with Crippen molar-refractivity contribution in [2.75, 3.05) is 39.8 Å². The molecule has 0 unspecified atom stereocenters. The number of amides is 1. The third kappa shape index (κ3) is 5.45. The highest BCUT2D eigenvalue weighted by Gasteiger charge is 2.27. The molecule has 2 aliphatic rings. The van der Waals surface area contributed by atoms with Gasteiger partial charge >= 0.3 is 0 Å². The topological polar surface area (TPSA) is 47.2 Å². The van der Waals surface area contributed by atoms with Crippen molar-refractivity contribution >= 4 is 5.91 Å². The summed E-state index contributed by atoms with van der Waals surface area (Å²) in [5.74, 6) is 1.79. The Bertz CT molecular complexity index is 567. The predicted molar refractivity (Wildman–Crippen MR) is 103 cm³/mol. The normalized spacial score (nSPS) is 29.2. The van der Waals surface area contributed by atoms with Gasteiger partial charge in [-0.3, -0.25) is 4.79 Å². The van der Waals surface area contributed by atoms with Crippen molar-refractivity contribution in [1.82, 2.24) is 5.32 Å². The third-order valence-electron chi connectivity index (χ3n) is 6.15. The summed E-state index contributed by atoms with van der Waals surface area (Å²) >= 11 is 0. The van der Waals surface area contributed by atoms with Crippen LogP contribution in [0, 0.1) is 5.92 Å². The maximum atomic E-state index is 12.4. The summed E-state index contributed by atoms with van der Waals surface area (Å²) in [4.78, 5) is 15.5. The number of benzene rings is 1. The van der Waals surface area contributed by atoms with Gasteiger partial charge in [-0.1, -0.05) is 19.8 Å². The molecule has 0 aromatic heterocycles. The molecule has 0 bridgehead atoms. The molecular formula is C21H35N3O2+2. The summed E-state index contributed by atoms with van der Waals surface area (Å²) < 4.78 is 5.22. The minimum atomic E-state index is 0.248. The molecule has 1 amide bonds. The molecule has 1 aliphatic carbocycles. The monoisotopic (exact) mass is 361 g/mol. The molecule has 26 heavy (non-hydrogen) atoms. The lowest BCUT2D eigenvalue weighted by atomic mass is 9.86. The van der Waals surface area contributed by atoms with Crippen LogP contribution in [0.5, 0.6) is 5.75 Å². The van der Waals surface area contributed by atoms with Crippen LogP contribution in [0.15, 0.2) is 24.3 Å². The van der Waals surface area contributed by atoms with Crippen LogP contribution in [0.1, 0.15) is 38.2 Å². The van der Waals surface area contributed by atoms with Crippen molar-refractivity contribution in [3.05, 3.63) is 29.8 Å². The van der Waals surface area contributed by atoms with Gasteiger partial charge in [0.2, 0.25) is 0 Å². The largest absolute Gasteiger partial charge is 0.497 e. The molecule has 3 rings (SSSR count). The molecule has 1 saturated carbocycles. The highest BCUT2D eigenvalue weighted by atomic mass is 16.5. The number of carbonyl (C=O) groups excluding carboxylic acids is 1. The molecule has 1 aromatic carbocycles. The van der Waals surface area contributed by atoms with Gasteiger partial charge in [0.1, 0.15) is 38.5 Å². The van der Waals surface area contributed by atoms with Crippen molar-refractivity contribution in [2.24, 2.45) is 5.92 Å². The second-order valence-electron chi connectivity index (χ2n) is 8.14. The van der Waals surface area contributed by atoms with Crippen LogP contribution in [-0.4, -0.2) is 51.8 Å². The van der Waals surface area contributed by atoms with E-state index in [1.807, 2.05) is 12.1 Å². The number of rotatable bonds is 6. The van der Waals surface area contributed by atoms with Crippen molar-refractivity contribution in [1.29, 1.82) is 0 Å². The van der Waals surface area contributed by atoms with Gasteiger partial charge in [-0.05, 0) is 43.0 Å². The van der Waals surface area contributed by atoms with Crippen molar-refractivity contribution in [3.8, 4) is 5.75 Å². The number of piperazine rings is 1. The summed E-state index contributed by atoms with van der Waals surface area (Å²) in [7, 11) is 1.70. The number of hydrogen-bond acceptors (Lipinski definition) is 2. The SMILES string of the molecule is COc1ccc(C[NH+]2CC[NH+](CC(=O)N[C@@H]3CCCC[C@H]3C)CC2)cc1. The number of nitrogens with one attached hydrogen (secondary N) is 3. The summed E-state index contributed by atoms with van der Waals surface area (Å²) in [6.07, 6.45) is 4.99. The minimum Gasteiger partial charge on any atom is -0.497 e. The van der Waals surface area contributed by atoms with Crippen LogP contribution in [0.3, 0.4) is 0 Å². The van der Waals surface area contributed by atoms with E-state index in [1.165, 1.54) is 29.7 Å². The maximum absolute atomic E-state index is 12.4. The maximum Gasteiger partial charge on any atom is 0.275 e. The van der Waals surface area contributed by atoms with E-state index >= 15 is 0 Å². The quantitative estimate of drug-likeness (QED) is 0.650. The van der Waals surface area contributed by atoms with E-state index in [1.54, 1.807) is 12.0 Å². The second kappa shape index (κ2) is 9.38. The molecule has 1 saturated heterocycles. The van der Waals surface area contributed by atoms with Gasteiger partial charge in [-0.25, -0.2) is 0 Å². The first-order chi connectivity index (χ1) is 12.6. The zero-order valence-corrected chi connectivity index (χ0v) is 16.4. The van der Waals surface area contributed by atoms with Crippen LogP contribution in [0.4, 0.5) is 0 Å². The van der Waals surface area contributed by atoms with E-state index < -0.39 is 0 Å². The van der Waals surface area contributed by atoms with Gasteiger partial charge in [-0.2, -0.15) is 0 Å². The lowest BCUT2D eigenvalue weighted by Gasteiger charge is -2.32. The lowest BCUT2D eigenvalue weighted by molar-refractivity contribution is -1.02. The first-order valence-corrected chi connectivity index (χ1v) is 10.2. The van der Waals surface area contributed by atoms with E-state index in [9.17, 15) is 4.79 Å². The Morgan fingerprint density at radius 3 is 2.38 bits per heavy atom. The molecule has 0 radical (unpaired) electrons. The molecule has 5 nitrogen and oxygen atoms in total. The van der Waals surface area contributed by atoms with Crippen LogP contribution < -0.4 is 19.9 Å². The standard InChI is InChI=1S/C21H33N3O2/c1-17-5-3-4-6-20(17)22-21(25)16-24-13-11-23(12-14-24)15-18-7-9-19(26-2)10-8-18/h7-10,17,20H,3-6,11-16H2,1-2H3,(H,22,25)/p+2/t17-,20-/m1/s1. The highest BCUT2D eigenvalue weighted by Crippen LogP contribution is 2.23. The Balaban J connectivity index is 1.38. The number of methoxy groups -OCH3 is 1. The number of carbonyl (C=O) groups is 1. The van der Waals surface area contributed by atoms with Crippen LogP contribution in [-0.2, 0) is 11.3 Å². The van der Waals surface area contributed by atoms with Gasteiger partial charge in [-0.15, -0.1) is 0 Å². The molecule has 5 heteroatoms. The Kier molecular flexibility index (Phi) is 6.92. The zero-order valence-electron chi connectivity index (χ0n) is 16.4.